The highest BCUT2D eigenvalue weighted by atomic mass is 19.4. The Hall–Kier alpha value is -4.80. The SMILES string of the molecule is Cc1cc(Oc2ccc(C(=O)Nc3cccc(-c4ccc(C(F)(F)F)cc4)n3)cc2F)n2nccc2n1. The van der Waals surface area contributed by atoms with Gasteiger partial charge in [-0.1, -0.05) is 18.2 Å². The van der Waals surface area contributed by atoms with E-state index in [1.54, 1.807) is 37.4 Å². The monoisotopic (exact) mass is 507 g/mol. The summed E-state index contributed by atoms with van der Waals surface area (Å²) in [6, 6.07) is 16.3. The first-order valence-electron chi connectivity index (χ1n) is 10.9. The molecule has 1 N–H and O–H groups in total. The van der Waals surface area contributed by atoms with Crippen LogP contribution in [0.5, 0.6) is 11.6 Å². The lowest BCUT2D eigenvalue weighted by atomic mass is 10.1. The lowest BCUT2D eigenvalue weighted by Gasteiger charge is -2.11. The predicted octanol–water partition coefficient (Wildman–Crippen LogP) is 6.30. The van der Waals surface area contributed by atoms with Crippen molar-refractivity contribution in [1.82, 2.24) is 19.6 Å². The molecule has 7 nitrogen and oxygen atoms in total. The fourth-order valence-corrected chi connectivity index (χ4v) is 3.60. The zero-order valence-corrected chi connectivity index (χ0v) is 19.1. The second-order valence-corrected chi connectivity index (χ2v) is 8.02. The molecule has 5 aromatic rings. The first-order valence-corrected chi connectivity index (χ1v) is 10.9. The van der Waals surface area contributed by atoms with Crippen molar-refractivity contribution in [2.45, 2.75) is 13.1 Å². The van der Waals surface area contributed by atoms with Gasteiger partial charge in [-0.3, -0.25) is 4.79 Å². The first kappa shape index (κ1) is 23.9. The smallest absolute Gasteiger partial charge is 0.416 e. The maximum absolute atomic E-state index is 14.8. The van der Waals surface area contributed by atoms with E-state index in [2.05, 4.69) is 20.4 Å². The number of pyridine rings is 1. The summed E-state index contributed by atoms with van der Waals surface area (Å²) in [5.74, 6) is -1.10. The van der Waals surface area contributed by atoms with Crippen LogP contribution >= 0.6 is 0 Å². The van der Waals surface area contributed by atoms with E-state index in [9.17, 15) is 22.4 Å². The number of amides is 1. The molecule has 0 aliphatic heterocycles. The zero-order valence-electron chi connectivity index (χ0n) is 19.1. The van der Waals surface area contributed by atoms with Gasteiger partial charge >= 0.3 is 6.18 Å². The molecule has 0 spiro atoms. The molecule has 3 heterocycles. The van der Waals surface area contributed by atoms with Crippen molar-refractivity contribution in [3.63, 3.8) is 0 Å². The van der Waals surface area contributed by atoms with Gasteiger partial charge in [0.05, 0.1) is 17.5 Å². The molecule has 186 valence electrons. The fourth-order valence-electron chi connectivity index (χ4n) is 3.60. The molecule has 0 radical (unpaired) electrons. The van der Waals surface area contributed by atoms with Gasteiger partial charge in [0.1, 0.15) is 5.82 Å². The molecule has 2 aromatic carbocycles. The largest absolute Gasteiger partial charge is 0.436 e. The number of aromatic nitrogens is 4. The third kappa shape index (κ3) is 5.10. The van der Waals surface area contributed by atoms with Crippen molar-refractivity contribution in [2.75, 3.05) is 5.32 Å². The van der Waals surface area contributed by atoms with Gasteiger partial charge in [0.2, 0.25) is 5.88 Å². The zero-order chi connectivity index (χ0) is 26.2. The highest BCUT2D eigenvalue weighted by Crippen LogP contribution is 2.31. The van der Waals surface area contributed by atoms with Crippen molar-refractivity contribution in [2.24, 2.45) is 0 Å². The molecule has 0 saturated heterocycles. The van der Waals surface area contributed by atoms with E-state index < -0.39 is 23.5 Å². The van der Waals surface area contributed by atoms with Gasteiger partial charge in [0.25, 0.3) is 5.91 Å². The Morgan fingerprint density at radius 3 is 2.49 bits per heavy atom. The van der Waals surface area contributed by atoms with Crippen LogP contribution in [0.1, 0.15) is 21.6 Å². The number of hydrogen-bond donors (Lipinski definition) is 1. The highest BCUT2D eigenvalue weighted by Gasteiger charge is 2.30. The molecule has 11 heteroatoms. The van der Waals surface area contributed by atoms with E-state index in [0.29, 0.717) is 22.6 Å². The van der Waals surface area contributed by atoms with Crippen molar-refractivity contribution in [3.8, 4) is 22.9 Å². The standard InChI is InChI=1S/C26H17F4N5O2/c1-15-13-24(35-23(32-15)11-12-31-35)37-21-10-7-17(14-19(21)27)25(36)34-22-4-2-3-20(33-22)16-5-8-18(9-6-16)26(28,29)30/h2-14H,1H3,(H,33,34,36). The Morgan fingerprint density at radius 2 is 1.76 bits per heavy atom. The number of halogens is 4. The third-order valence-electron chi connectivity index (χ3n) is 5.36. The molecule has 3 aromatic heterocycles. The van der Waals surface area contributed by atoms with Gasteiger partial charge in [-0.2, -0.15) is 22.8 Å². The lowest BCUT2D eigenvalue weighted by molar-refractivity contribution is -0.137. The average Bonchev–Trinajstić information content (AvgIpc) is 3.33. The number of carbonyl (C=O) groups excluding carboxylic acids is 1. The predicted molar refractivity (Wildman–Crippen MR) is 127 cm³/mol. The molecule has 0 bridgehead atoms. The minimum atomic E-state index is -4.44. The Labute approximate surface area is 207 Å². The second kappa shape index (κ2) is 9.34. The highest BCUT2D eigenvalue weighted by molar-refractivity contribution is 6.04. The number of anilines is 1. The summed E-state index contributed by atoms with van der Waals surface area (Å²) >= 11 is 0. The van der Waals surface area contributed by atoms with Gasteiger partial charge in [-0.25, -0.2) is 14.4 Å². The van der Waals surface area contributed by atoms with E-state index in [-0.39, 0.29) is 23.0 Å². The van der Waals surface area contributed by atoms with E-state index >= 15 is 0 Å². The van der Waals surface area contributed by atoms with Gasteiger partial charge in [0.15, 0.2) is 17.2 Å². The second-order valence-electron chi connectivity index (χ2n) is 8.02. The van der Waals surface area contributed by atoms with Gasteiger partial charge in [0, 0.05) is 29.0 Å². The number of benzene rings is 2. The number of rotatable bonds is 5. The quantitative estimate of drug-likeness (QED) is 0.282. The number of alkyl halides is 3. The molecule has 0 saturated carbocycles. The third-order valence-corrected chi connectivity index (χ3v) is 5.36. The number of ether oxygens (including phenoxy) is 1. The number of fused-ring (bicyclic) bond motifs is 1. The summed E-state index contributed by atoms with van der Waals surface area (Å²) in [5.41, 5.74) is 1.24. The maximum atomic E-state index is 14.8. The minimum Gasteiger partial charge on any atom is -0.436 e. The van der Waals surface area contributed by atoms with Gasteiger partial charge in [-0.15, -0.1) is 0 Å². The van der Waals surface area contributed by atoms with Crippen LogP contribution in [-0.4, -0.2) is 25.5 Å². The topological polar surface area (TPSA) is 81.4 Å². The molecule has 5 rings (SSSR count). The molecule has 0 aliphatic rings. The van der Waals surface area contributed by atoms with Gasteiger partial charge < -0.3 is 10.1 Å². The minimum absolute atomic E-state index is 0.0155. The normalized spacial score (nSPS) is 11.5. The Balaban J connectivity index is 1.32. The van der Waals surface area contributed by atoms with E-state index in [4.69, 9.17) is 4.74 Å². The van der Waals surface area contributed by atoms with E-state index in [1.165, 1.54) is 34.8 Å². The molecule has 0 atom stereocenters. The van der Waals surface area contributed by atoms with Crippen molar-refractivity contribution >= 4 is 17.4 Å². The summed E-state index contributed by atoms with van der Waals surface area (Å²) in [4.78, 5) is 21.3. The summed E-state index contributed by atoms with van der Waals surface area (Å²) in [6.45, 7) is 1.77. The van der Waals surface area contributed by atoms with Crippen molar-refractivity contribution in [1.29, 1.82) is 0 Å². The van der Waals surface area contributed by atoms with Crippen molar-refractivity contribution < 1.29 is 27.1 Å². The van der Waals surface area contributed by atoms with Crippen LogP contribution in [-0.2, 0) is 6.18 Å². The molecular formula is C26H17F4N5O2. The summed E-state index contributed by atoms with van der Waals surface area (Å²) in [5, 5.41) is 6.68. The van der Waals surface area contributed by atoms with Crippen LogP contribution in [0.25, 0.3) is 16.9 Å². The summed E-state index contributed by atoms with van der Waals surface area (Å²) < 4.78 is 60.4. The average molecular weight is 507 g/mol. The lowest BCUT2D eigenvalue weighted by Crippen LogP contribution is -2.13. The molecule has 1 amide bonds. The number of aryl methyl sites for hydroxylation is 1. The van der Waals surface area contributed by atoms with Crippen LogP contribution in [0.4, 0.5) is 23.4 Å². The molecule has 0 fully saturated rings. The van der Waals surface area contributed by atoms with Crippen LogP contribution in [0.15, 0.2) is 79.0 Å². The van der Waals surface area contributed by atoms with Crippen LogP contribution in [0.3, 0.4) is 0 Å². The van der Waals surface area contributed by atoms with Crippen molar-refractivity contribution in [3.05, 3.63) is 102 Å². The molecule has 0 aliphatic carbocycles. The number of hydrogen-bond acceptors (Lipinski definition) is 5. The van der Waals surface area contributed by atoms with Crippen LogP contribution in [0, 0.1) is 12.7 Å². The first-order chi connectivity index (χ1) is 17.7. The van der Waals surface area contributed by atoms with E-state index in [1.807, 2.05) is 0 Å². The van der Waals surface area contributed by atoms with Gasteiger partial charge in [-0.05, 0) is 49.4 Å². The Morgan fingerprint density at radius 1 is 0.973 bits per heavy atom. The Bertz CT molecular complexity index is 1610. The summed E-state index contributed by atoms with van der Waals surface area (Å²) in [6.07, 6.45) is -2.90. The van der Waals surface area contributed by atoms with E-state index in [0.717, 1.165) is 18.2 Å². The summed E-state index contributed by atoms with van der Waals surface area (Å²) in [7, 11) is 0. The number of nitrogens with zero attached hydrogens (tertiary/aromatic N) is 4. The number of carbonyl (C=O) groups is 1. The fraction of sp³-hybridized carbons (Fsp3) is 0.0769. The van der Waals surface area contributed by atoms with Crippen LogP contribution in [0.2, 0.25) is 0 Å². The molecule has 37 heavy (non-hydrogen) atoms. The molecule has 0 unspecified atom stereocenters. The molecular weight excluding hydrogens is 490 g/mol. The Kier molecular flexibility index (Phi) is 6.04. The number of nitrogens with one attached hydrogen (secondary N) is 1. The maximum Gasteiger partial charge on any atom is 0.416 e. The van der Waals surface area contributed by atoms with Crippen LogP contribution < -0.4 is 10.1 Å².